The van der Waals surface area contributed by atoms with E-state index in [0.29, 0.717) is 0 Å². The second kappa shape index (κ2) is 5.46. The molecule has 1 saturated heterocycles. The van der Waals surface area contributed by atoms with E-state index in [1.54, 1.807) is 0 Å². The molecule has 3 fully saturated rings. The third kappa shape index (κ3) is 3.46. The lowest BCUT2D eigenvalue weighted by Gasteiger charge is -2.52. The number of amides is 1. The zero-order valence-electron chi connectivity index (χ0n) is 13.2. The highest BCUT2D eigenvalue weighted by Gasteiger charge is 2.47. The Kier molecular flexibility index (Phi) is 4.02. The van der Waals surface area contributed by atoms with E-state index in [-0.39, 0.29) is 23.8 Å². The minimum Gasteiger partial charge on any atom is -0.389 e. The van der Waals surface area contributed by atoms with Gasteiger partial charge in [-0.05, 0) is 50.4 Å². The molecular weight excluding hydrogens is 304 g/mol. The van der Waals surface area contributed by atoms with Crippen molar-refractivity contribution in [2.75, 3.05) is 19.3 Å². The van der Waals surface area contributed by atoms with E-state index in [9.17, 15) is 18.3 Å². The largest absolute Gasteiger partial charge is 0.389 e. The summed E-state index contributed by atoms with van der Waals surface area (Å²) in [6.07, 6.45) is 7.62. The van der Waals surface area contributed by atoms with E-state index in [0.717, 1.165) is 58.0 Å². The van der Waals surface area contributed by atoms with Crippen molar-refractivity contribution in [3.05, 3.63) is 0 Å². The molecule has 1 aliphatic heterocycles. The predicted molar refractivity (Wildman–Crippen MR) is 82.7 cm³/mol. The molecule has 0 aromatic carbocycles. The molecule has 1 spiro atoms. The van der Waals surface area contributed by atoms with Gasteiger partial charge in [0.25, 0.3) is 0 Å². The second-order valence-electron chi connectivity index (χ2n) is 7.63. The maximum atomic E-state index is 12.3. The Morgan fingerprint density at radius 1 is 1.23 bits per heavy atom. The number of carbonyl (C=O) groups excluding carboxylic acids is 1. The average Bonchev–Trinajstić information content (AvgIpc) is 2.34. The zero-order valence-corrected chi connectivity index (χ0v) is 14.0. The smallest absolute Gasteiger partial charge is 0.225 e. The van der Waals surface area contributed by atoms with Gasteiger partial charge in [0.05, 0.1) is 18.3 Å². The fraction of sp³-hybridized carbons (Fsp3) is 0.933. The van der Waals surface area contributed by atoms with E-state index in [1.165, 1.54) is 6.26 Å². The topological polar surface area (TPSA) is 86.7 Å². The van der Waals surface area contributed by atoms with Crippen LogP contribution in [0.4, 0.5) is 0 Å². The molecule has 1 heterocycles. The number of hydrogen-bond acceptors (Lipinski definition) is 4. The van der Waals surface area contributed by atoms with Crippen LogP contribution in [0, 0.1) is 5.41 Å². The molecule has 0 unspecified atom stereocenters. The molecule has 126 valence electrons. The molecule has 7 heteroatoms. The summed E-state index contributed by atoms with van der Waals surface area (Å²) in [5.74, 6) is 0.0715. The molecule has 0 aromatic rings. The number of rotatable bonds is 4. The summed E-state index contributed by atoms with van der Waals surface area (Å²) >= 11 is 0. The lowest BCUT2D eigenvalue weighted by atomic mass is 9.60. The van der Waals surface area contributed by atoms with E-state index in [2.05, 4.69) is 4.72 Å². The SMILES string of the molecule is CS(=O)(=O)NC1CC2(CCN(C(=O)CC3(O)CCC3)CC2)C1. The fourth-order valence-corrected chi connectivity index (χ4v) is 4.94. The molecule has 2 saturated carbocycles. The van der Waals surface area contributed by atoms with Gasteiger partial charge in [0.1, 0.15) is 0 Å². The highest BCUT2D eigenvalue weighted by Crippen LogP contribution is 2.49. The van der Waals surface area contributed by atoms with Crippen molar-refractivity contribution >= 4 is 15.9 Å². The normalized spacial score (nSPS) is 27.3. The van der Waals surface area contributed by atoms with Gasteiger partial charge in [-0.2, -0.15) is 0 Å². The average molecular weight is 330 g/mol. The monoisotopic (exact) mass is 330 g/mol. The fourth-order valence-electron chi connectivity index (χ4n) is 4.17. The first-order chi connectivity index (χ1) is 10.2. The summed E-state index contributed by atoms with van der Waals surface area (Å²) < 4.78 is 25.1. The molecule has 1 amide bonds. The van der Waals surface area contributed by atoms with Crippen LogP contribution in [-0.4, -0.2) is 55.3 Å². The van der Waals surface area contributed by atoms with Crippen LogP contribution in [0.3, 0.4) is 0 Å². The highest BCUT2D eigenvalue weighted by molar-refractivity contribution is 7.88. The molecule has 22 heavy (non-hydrogen) atoms. The minimum absolute atomic E-state index is 0.0629. The van der Waals surface area contributed by atoms with Crippen molar-refractivity contribution in [3.8, 4) is 0 Å². The third-order valence-electron chi connectivity index (χ3n) is 5.68. The number of carbonyl (C=O) groups is 1. The van der Waals surface area contributed by atoms with Gasteiger partial charge in [-0.3, -0.25) is 4.79 Å². The van der Waals surface area contributed by atoms with Crippen molar-refractivity contribution < 1.29 is 18.3 Å². The van der Waals surface area contributed by atoms with Crippen molar-refractivity contribution in [1.82, 2.24) is 9.62 Å². The Morgan fingerprint density at radius 2 is 1.82 bits per heavy atom. The summed E-state index contributed by atoms with van der Waals surface area (Å²) in [5.41, 5.74) is -0.528. The molecule has 0 atom stereocenters. The molecule has 3 aliphatic rings. The lowest BCUT2D eigenvalue weighted by Crippen LogP contribution is -2.55. The van der Waals surface area contributed by atoms with Gasteiger partial charge in [0, 0.05) is 19.1 Å². The van der Waals surface area contributed by atoms with Crippen LogP contribution >= 0.6 is 0 Å². The molecule has 0 aromatic heterocycles. The Labute approximate surface area is 132 Å². The Hall–Kier alpha value is -0.660. The summed E-state index contributed by atoms with van der Waals surface area (Å²) in [7, 11) is -3.12. The predicted octanol–water partition coefficient (Wildman–Crippen LogP) is 0.612. The summed E-state index contributed by atoms with van der Waals surface area (Å²) in [6.45, 7) is 1.47. The Morgan fingerprint density at radius 3 is 2.27 bits per heavy atom. The molecule has 0 bridgehead atoms. The third-order valence-corrected chi connectivity index (χ3v) is 6.44. The van der Waals surface area contributed by atoms with Crippen LogP contribution in [0.5, 0.6) is 0 Å². The standard InChI is InChI=1S/C15H26N2O4S/c1-22(20,21)16-12-9-14(10-12)5-7-17(8-6-14)13(18)11-15(19)3-2-4-15/h12,16,19H,2-11H2,1H3. The number of hydrogen-bond donors (Lipinski definition) is 2. The lowest BCUT2D eigenvalue weighted by molar-refractivity contribution is -0.143. The van der Waals surface area contributed by atoms with E-state index in [1.807, 2.05) is 4.90 Å². The van der Waals surface area contributed by atoms with Gasteiger partial charge in [0.15, 0.2) is 0 Å². The number of aliphatic hydroxyl groups is 1. The number of likely N-dealkylation sites (tertiary alicyclic amines) is 1. The Bertz CT molecular complexity index is 540. The van der Waals surface area contributed by atoms with Crippen LogP contribution in [0.2, 0.25) is 0 Å². The number of sulfonamides is 1. The van der Waals surface area contributed by atoms with Gasteiger partial charge in [-0.15, -0.1) is 0 Å². The van der Waals surface area contributed by atoms with Gasteiger partial charge in [0.2, 0.25) is 15.9 Å². The summed E-state index contributed by atoms with van der Waals surface area (Å²) in [5, 5.41) is 10.1. The van der Waals surface area contributed by atoms with Gasteiger partial charge < -0.3 is 10.0 Å². The second-order valence-corrected chi connectivity index (χ2v) is 9.41. The summed E-state index contributed by atoms with van der Waals surface area (Å²) in [4.78, 5) is 14.1. The van der Waals surface area contributed by atoms with Crippen molar-refractivity contribution in [3.63, 3.8) is 0 Å². The van der Waals surface area contributed by atoms with E-state index < -0.39 is 15.6 Å². The quantitative estimate of drug-likeness (QED) is 0.791. The van der Waals surface area contributed by atoms with Crippen LogP contribution in [0.15, 0.2) is 0 Å². The van der Waals surface area contributed by atoms with Crippen LogP contribution in [-0.2, 0) is 14.8 Å². The first kappa shape index (κ1) is 16.2. The minimum atomic E-state index is -3.12. The van der Waals surface area contributed by atoms with Gasteiger partial charge in [-0.25, -0.2) is 13.1 Å². The van der Waals surface area contributed by atoms with Gasteiger partial charge in [-0.1, -0.05) is 0 Å². The van der Waals surface area contributed by atoms with Crippen LogP contribution in [0.1, 0.15) is 51.4 Å². The number of nitrogens with one attached hydrogen (secondary N) is 1. The molecule has 6 nitrogen and oxygen atoms in total. The van der Waals surface area contributed by atoms with Crippen LogP contribution in [0.25, 0.3) is 0 Å². The molecule has 2 N–H and O–H groups in total. The number of piperidine rings is 1. The van der Waals surface area contributed by atoms with Gasteiger partial charge >= 0.3 is 0 Å². The number of nitrogens with zero attached hydrogens (tertiary/aromatic N) is 1. The molecule has 3 rings (SSSR count). The maximum Gasteiger partial charge on any atom is 0.225 e. The first-order valence-corrected chi connectivity index (χ1v) is 10.1. The molecule has 0 radical (unpaired) electrons. The van der Waals surface area contributed by atoms with Crippen molar-refractivity contribution in [2.24, 2.45) is 5.41 Å². The van der Waals surface area contributed by atoms with Crippen molar-refractivity contribution in [1.29, 1.82) is 0 Å². The molecular formula is C15H26N2O4S. The van der Waals surface area contributed by atoms with E-state index in [4.69, 9.17) is 0 Å². The maximum absolute atomic E-state index is 12.3. The van der Waals surface area contributed by atoms with E-state index >= 15 is 0 Å². The summed E-state index contributed by atoms with van der Waals surface area (Å²) in [6, 6.07) is 0.0629. The zero-order chi connectivity index (χ0) is 16.0. The van der Waals surface area contributed by atoms with Crippen LogP contribution < -0.4 is 4.72 Å². The first-order valence-electron chi connectivity index (χ1n) is 8.16. The van der Waals surface area contributed by atoms with Crippen molar-refractivity contribution in [2.45, 2.75) is 63.0 Å². The highest BCUT2D eigenvalue weighted by atomic mass is 32.2. The molecule has 2 aliphatic carbocycles. The Balaban J connectivity index is 1.44.